The maximum Gasteiger partial charge on any atom is 0.263 e. The minimum Gasteiger partial charge on any atom is -0.481 e. The van der Waals surface area contributed by atoms with E-state index in [0.29, 0.717) is 11.6 Å². The molecule has 0 saturated heterocycles. The predicted octanol–water partition coefficient (Wildman–Crippen LogP) is 1.33. The average Bonchev–Trinajstić information content (AvgIpc) is 2.01. The van der Waals surface area contributed by atoms with E-state index in [-0.39, 0.29) is 4.90 Å². The van der Waals surface area contributed by atoms with E-state index in [4.69, 9.17) is 15.4 Å². The van der Waals surface area contributed by atoms with Gasteiger partial charge < -0.3 is 4.74 Å². The lowest BCUT2D eigenvalue weighted by Gasteiger charge is -2.03. The number of aryl methyl sites for hydroxylation is 1. The molecule has 1 aromatic rings. The lowest BCUT2D eigenvalue weighted by atomic mass is 10.4. The topological polar surface area (TPSA) is 56.3 Å². The zero-order valence-corrected chi connectivity index (χ0v) is 8.69. The Balaban J connectivity index is 3.29. The fourth-order valence-electron chi connectivity index (χ4n) is 0.897. The Morgan fingerprint density at radius 3 is 2.46 bits per heavy atom. The summed E-state index contributed by atoms with van der Waals surface area (Å²) in [7, 11) is 2.90. The van der Waals surface area contributed by atoms with Crippen LogP contribution in [0, 0.1) is 6.92 Å². The molecular weight excluding hydrogens is 214 g/mol. The van der Waals surface area contributed by atoms with Crippen molar-refractivity contribution < 1.29 is 13.2 Å². The van der Waals surface area contributed by atoms with Crippen LogP contribution in [0.15, 0.2) is 17.0 Å². The second-order valence-corrected chi connectivity index (χ2v) is 4.91. The number of aromatic nitrogens is 1. The van der Waals surface area contributed by atoms with Crippen molar-refractivity contribution in [2.24, 2.45) is 0 Å². The maximum atomic E-state index is 10.9. The highest BCUT2D eigenvalue weighted by Crippen LogP contribution is 2.20. The highest BCUT2D eigenvalue weighted by molar-refractivity contribution is 8.13. The molecule has 0 atom stereocenters. The number of hydrogen-bond acceptors (Lipinski definition) is 4. The first-order chi connectivity index (χ1) is 5.95. The van der Waals surface area contributed by atoms with Crippen LogP contribution in [-0.2, 0) is 9.05 Å². The van der Waals surface area contributed by atoms with E-state index in [0.717, 1.165) is 0 Å². The molecule has 0 radical (unpaired) electrons. The number of nitrogens with zero attached hydrogens (tertiary/aromatic N) is 1. The van der Waals surface area contributed by atoms with Gasteiger partial charge in [-0.1, -0.05) is 0 Å². The number of pyridine rings is 1. The molecule has 0 aliphatic carbocycles. The number of hydrogen-bond donors (Lipinski definition) is 0. The van der Waals surface area contributed by atoms with E-state index in [9.17, 15) is 8.42 Å². The summed E-state index contributed by atoms with van der Waals surface area (Å²) in [5.74, 6) is 0.363. The Bertz CT molecular complexity index is 416. The third kappa shape index (κ3) is 2.32. The molecule has 0 aliphatic heterocycles. The van der Waals surface area contributed by atoms with Gasteiger partial charge in [-0.3, -0.25) is 0 Å². The zero-order chi connectivity index (χ0) is 10.1. The molecule has 0 unspecified atom stereocenters. The van der Waals surface area contributed by atoms with Crippen LogP contribution in [0.25, 0.3) is 0 Å². The predicted molar refractivity (Wildman–Crippen MR) is 48.6 cm³/mol. The molecule has 0 bridgehead atoms. The summed E-state index contributed by atoms with van der Waals surface area (Å²) in [6.07, 6.45) is 0. The average molecular weight is 222 g/mol. The van der Waals surface area contributed by atoms with Gasteiger partial charge in [-0.05, 0) is 13.0 Å². The minimum atomic E-state index is -3.70. The fraction of sp³-hybridized carbons (Fsp3) is 0.286. The standard InChI is InChI=1S/C7H8ClNO3S/c1-5-6(13(8,10)11)3-4-7(9-5)12-2/h3-4H,1-2H3. The van der Waals surface area contributed by atoms with Crippen molar-refractivity contribution in [2.75, 3.05) is 7.11 Å². The Morgan fingerprint density at radius 2 is 2.08 bits per heavy atom. The van der Waals surface area contributed by atoms with Gasteiger partial charge in [0.15, 0.2) is 0 Å². The van der Waals surface area contributed by atoms with Crippen molar-refractivity contribution in [3.8, 4) is 5.88 Å². The Morgan fingerprint density at radius 1 is 1.46 bits per heavy atom. The second-order valence-electron chi connectivity index (χ2n) is 2.38. The summed E-state index contributed by atoms with van der Waals surface area (Å²) in [6.45, 7) is 1.55. The van der Waals surface area contributed by atoms with Crippen LogP contribution < -0.4 is 4.74 Å². The van der Waals surface area contributed by atoms with Gasteiger partial charge in [-0.25, -0.2) is 13.4 Å². The largest absolute Gasteiger partial charge is 0.481 e. The minimum absolute atomic E-state index is 0.00923. The highest BCUT2D eigenvalue weighted by atomic mass is 35.7. The molecule has 4 nitrogen and oxygen atoms in total. The number of rotatable bonds is 2. The summed E-state index contributed by atoms with van der Waals surface area (Å²) in [5.41, 5.74) is 0.328. The molecule has 72 valence electrons. The van der Waals surface area contributed by atoms with Crippen LogP contribution in [0.4, 0.5) is 0 Å². The number of halogens is 1. The molecule has 0 fully saturated rings. The molecule has 1 aromatic heterocycles. The maximum absolute atomic E-state index is 10.9. The van der Waals surface area contributed by atoms with Crippen LogP contribution in [0.2, 0.25) is 0 Å². The van der Waals surface area contributed by atoms with Crippen LogP contribution in [0.5, 0.6) is 5.88 Å². The van der Waals surface area contributed by atoms with Gasteiger partial charge in [0, 0.05) is 16.7 Å². The van der Waals surface area contributed by atoms with Crippen molar-refractivity contribution in [1.29, 1.82) is 0 Å². The second kappa shape index (κ2) is 3.51. The van der Waals surface area contributed by atoms with Crippen LogP contribution in [0.1, 0.15) is 5.69 Å². The SMILES string of the molecule is COc1ccc(S(=O)(=O)Cl)c(C)n1. The number of methoxy groups -OCH3 is 1. The Kier molecular flexibility index (Phi) is 2.77. The lowest BCUT2D eigenvalue weighted by Crippen LogP contribution is -1.98. The van der Waals surface area contributed by atoms with Gasteiger partial charge in [0.25, 0.3) is 9.05 Å². The monoisotopic (exact) mass is 221 g/mol. The van der Waals surface area contributed by atoms with E-state index in [2.05, 4.69) is 4.98 Å². The molecule has 1 heterocycles. The van der Waals surface area contributed by atoms with Crippen molar-refractivity contribution in [3.05, 3.63) is 17.8 Å². The number of ether oxygens (including phenoxy) is 1. The first kappa shape index (κ1) is 10.3. The van der Waals surface area contributed by atoms with Crippen molar-refractivity contribution in [3.63, 3.8) is 0 Å². The van der Waals surface area contributed by atoms with E-state index < -0.39 is 9.05 Å². The summed E-state index contributed by atoms with van der Waals surface area (Å²) >= 11 is 0. The summed E-state index contributed by atoms with van der Waals surface area (Å²) in [4.78, 5) is 3.88. The van der Waals surface area contributed by atoms with E-state index >= 15 is 0 Å². The van der Waals surface area contributed by atoms with Gasteiger partial charge in [0.1, 0.15) is 4.90 Å². The third-order valence-electron chi connectivity index (χ3n) is 1.48. The first-order valence-electron chi connectivity index (χ1n) is 3.41. The molecule has 0 aliphatic rings. The molecular formula is C7H8ClNO3S. The molecule has 0 amide bonds. The smallest absolute Gasteiger partial charge is 0.263 e. The van der Waals surface area contributed by atoms with Gasteiger partial charge >= 0.3 is 0 Å². The van der Waals surface area contributed by atoms with Crippen LogP contribution in [-0.4, -0.2) is 20.5 Å². The van der Waals surface area contributed by atoms with Crippen molar-refractivity contribution >= 4 is 19.7 Å². The fourth-order valence-corrected chi connectivity index (χ4v) is 2.01. The highest BCUT2D eigenvalue weighted by Gasteiger charge is 2.14. The van der Waals surface area contributed by atoms with E-state index in [1.807, 2.05) is 0 Å². The Hall–Kier alpha value is -0.810. The van der Waals surface area contributed by atoms with E-state index in [1.165, 1.54) is 19.2 Å². The molecule has 13 heavy (non-hydrogen) atoms. The van der Waals surface area contributed by atoms with Crippen LogP contribution >= 0.6 is 10.7 Å². The first-order valence-corrected chi connectivity index (χ1v) is 5.72. The molecule has 0 saturated carbocycles. The molecule has 0 N–H and O–H groups in total. The lowest BCUT2D eigenvalue weighted by molar-refractivity contribution is 0.396. The van der Waals surface area contributed by atoms with E-state index in [1.54, 1.807) is 6.92 Å². The Labute approximate surface area is 80.9 Å². The molecule has 0 aromatic carbocycles. The summed E-state index contributed by atoms with van der Waals surface area (Å²) in [5, 5.41) is 0. The molecule has 0 spiro atoms. The quantitative estimate of drug-likeness (QED) is 0.707. The molecule has 1 rings (SSSR count). The summed E-state index contributed by atoms with van der Waals surface area (Å²) < 4.78 is 26.7. The molecule has 6 heteroatoms. The van der Waals surface area contributed by atoms with Crippen molar-refractivity contribution in [2.45, 2.75) is 11.8 Å². The third-order valence-corrected chi connectivity index (χ3v) is 2.94. The summed E-state index contributed by atoms with van der Waals surface area (Å²) in [6, 6.07) is 2.81. The zero-order valence-electron chi connectivity index (χ0n) is 7.11. The van der Waals surface area contributed by atoms with Gasteiger partial charge in [0.2, 0.25) is 5.88 Å². The van der Waals surface area contributed by atoms with Gasteiger partial charge in [0.05, 0.1) is 12.8 Å². The van der Waals surface area contributed by atoms with Crippen LogP contribution in [0.3, 0.4) is 0 Å². The normalized spacial score (nSPS) is 11.3. The van der Waals surface area contributed by atoms with Gasteiger partial charge in [-0.2, -0.15) is 0 Å². The van der Waals surface area contributed by atoms with Gasteiger partial charge in [-0.15, -0.1) is 0 Å². The van der Waals surface area contributed by atoms with Crippen molar-refractivity contribution in [1.82, 2.24) is 4.98 Å².